The van der Waals surface area contributed by atoms with Gasteiger partial charge in [0.15, 0.2) is 5.78 Å². The number of imidazole rings is 1. The Bertz CT molecular complexity index is 1190. The van der Waals surface area contributed by atoms with Gasteiger partial charge in [-0.25, -0.2) is 4.98 Å². The van der Waals surface area contributed by atoms with Crippen molar-refractivity contribution in [3.05, 3.63) is 64.4 Å². The predicted octanol–water partition coefficient (Wildman–Crippen LogP) is 5.22. The first kappa shape index (κ1) is 21.9. The molecule has 1 aliphatic rings. The largest absolute Gasteiger partial charge is 0.416 e. The molecule has 4 rings (SSSR count). The van der Waals surface area contributed by atoms with Crippen molar-refractivity contribution in [1.82, 2.24) is 19.9 Å². The Morgan fingerprint density at radius 3 is 2.59 bits per heavy atom. The maximum absolute atomic E-state index is 13.3. The van der Waals surface area contributed by atoms with Gasteiger partial charge in [-0.2, -0.15) is 13.2 Å². The number of aromatic amines is 2. The molecule has 168 valence electrons. The van der Waals surface area contributed by atoms with E-state index in [4.69, 9.17) is 0 Å². The zero-order valence-corrected chi connectivity index (χ0v) is 17.9. The van der Waals surface area contributed by atoms with E-state index in [1.54, 1.807) is 24.8 Å². The summed E-state index contributed by atoms with van der Waals surface area (Å²) in [4.78, 5) is 37.4. The molecule has 6 nitrogen and oxygen atoms in total. The number of hydrogen-bond donors (Lipinski definition) is 2. The van der Waals surface area contributed by atoms with E-state index in [1.807, 2.05) is 0 Å². The summed E-state index contributed by atoms with van der Waals surface area (Å²) in [7, 11) is 0. The Morgan fingerprint density at radius 2 is 1.94 bits per heavy atom. The van der Waals surface area contributed by atoms with Crippen molar-refractivity contribution < 1.29 is 22.8 Å². The van der Waals surface area contributed by atoms with Crippen LogP contribution in [-0.4, -0.2) is 38.1 Å². The number of benzene rings is 1. The van der Waals surface area contributed by atoms with Gasteiger partial charge in [-0.05, 0) is 51.3 Å². The fourth-order valence-corrected chi connectivity index (χ4v) is 4.45. The second-order valence-electron chi connectivity index (χ2n) is 8.10. The van der Waals surface area contributed by atoms with Gasteiger partial charge in [0.2, 0.25) is 0 Å². The quantitative estimate of drug-likeness (QED) is 0.542. The van der Waals surface area contributed by atoms with Crippen molar-refractivity contribution in [3.63, 3.8) is 0 Å². The summed E-state index contributed by atoms with van der Waals surface area (Å²) in [5.41, 5.74) is 2.27. The average Bonchev–Trinajstić information content (AvgIpc) is 3.45. The summed E-state index contributed by atoms with van der Waals surface area (Å²) in [6.07, 6.45) is -1.49. The van der Waals surface area contributed by atoms with Crippen LogP contribution in [0.15, 0.2) is 30.5 Å². The van der Waals surface area contributed by atoms with Gasteiger partial charge in [0.1, 0.15) is 11.5 Å². The Kier molecular flexibility index (Phi) is 5.44. The first-order valence-electron chi connectivity index (χ1n) is 10.3. The maximum Gasteiger partial charge on any atom is 0.416 e. The van der Waals surface area contributed by atoms with Gasteiger partial charge in [-0.15, -0.1) is 0 Å². The van der Waals surface area contributed by atoms with Gasteiger partial charge in [0.05, 0.1) is 23.5 Å². The minimum atomic E-state index is -4.43. The van der Waals surface area contributed by atoms with Gasteiger partial charge < -0.3 is 14.9 Å². The molecular weight excluding hydrogens is 421 g/mol. The number of ketones is 1. The third-order valence-corrected chi connectivity index (χ3v) is 5.93. The fourth-order valence-electron chi connectivity index (χ4n) is 4.45. The smallest absolute Gasteiger partial charge is 0.354 e. The summed E-state index contributed by atoms with van der Waals surface area (Å²) >= 11 is 0. The van der Waals surface area contributed by atoms with Crippen LogP contribution in [0, 0.1) is 13.8 Å². The van der Waals surface area contributed by atoms with Crippen LogP contribution in [0.3, 0.4) is 0 Å². The number of aryl methyl sites for hydroxylation is 1. The van der Waals surface area contributed by atoms with Crippen LogP contribution in [-0.2, 0) is 6.18 Å². The van der Waals surface area contributed by atoms with Crippen LogP contribution >= 0.6 is 0 Å². The molecule has 1 aromatic carbocycles. The molecule has 1 amide bonds. The molecule has 3 heterocycles. The van der Waals surface area contributed by atoms with Gasteiger partial charge in [0, 0.05) is 23.4 Å². The van der Waals surface area contributed by atoms with E-state index in [-0.39, 0.29) is 17.7 Å². The average molecular weight is 444 g/mol. The number of nitrogens with zero attached hydrogens (tertiary/aromatic N) is 2. The molecule has 0 aliphatic carbocycles. The number of alkyl halides is 3. The second-order valence-corrected chi connectivity index (χ2v) is 8.10. The van der Waals surface area contributed by atoms with Crippen LogP contribution in [0.4, 0.5) is 13.2 Å². The van der Waals surface area contributed by atoms with Gasteiger partial charge in [0.25, 0.3) is 5.91 Å². The third kappa shape index (κ3) is 3.83. The van der Waals surface area contributed by atoms with Crippen LogP contribution in [0.5, 0.6) is 0 Å². The highest BCUT2D eigenvalue weighted by Gasteiger charge is 2.35. The van der Waals surface area contributed by atoms with E-state index in [0.29, 0.717) is 52.6 Å². The van der Waals surface area contributed by atoms with Crippen molar-refractivity contribution in [2.45, 2.75) is 45.8 Å². The SMILES string of the molecule is CC(=O)c1c(C)[nH]c(C(=O)N2CCC[C@@H]2c2ncc(-c3cccc(C(F)(F)F)c3)[nH]2)c1C. The molecule has 1 atom stereocenters. The van der Waals surface area contributed by atoms with E-state index < -0.39 is 11.7 Å². The van der Waals surface area contributed by atoms with E-state index >= 15 is 0 Å². The van der Waals surface area contributed by atoms with E-state index in [2.05, 4.69) is 15.0 Å². The number of nitrogens with one attached hydrogen (secondary N) is 2. The molecule has 1 fully saturated rings. The maximum atomic E-state index is 13.3. The Morgan fingerprint density at radius 1 is 1.19 bits per heavy atom. The normalized spacial score (nSPS) is 16.6. The molecule has 0 unspecified atom stereocenters. The minimum absolute atomic E-state index is 0.106. The third-order valence-electron chi connectivity index (χ3n) is 5.93. The lowest BCUT2D eigenvalue weighted by molar-refractivity contribution is -0.137. The summed E-state index contributed by atoms with van der Waals surface area (Å²) in [6, 6.07) is 4.70. The van der Waals surface area contributed by atoms with E-state index in [9.17, 15) is 22.8 Å². The summed E-state index contributed by atoms with van der Waals surface area (Å²) in [5.74, 6) is 0.193. The highest BCUT2D eigenvalue weighted by Crippen LogP contribution is 2.35. The lowest BCUT2D eigenvalue weighted by Gasteiger charge is -2.23. The van der Waals surface area contributed by atoms with E-state index in [1.165, 1.54) is 19.2 Å². The first-order valence-corrected chi connectivity index (χ1v) is 10.3. The molecule has 2 N–H and O–H groups in total. The van der Waals surface area contributed by atoms with Gasteiger partial charge >= 0.3 is 6.18 Å². The summed E-state index contributed by atoms with van der Waals surface area (Å²) < 4.78 is 39.2. The zero-order valence-electron chi connectivity index (χ0n) is 17.9. The number of hydrogen-bond acceptors (Lipinski definition) is 3. The number of Topliss-reactive ketones (excluding diaryl/α,β-unsaturated/α-hetero) is 1. The number of H-pyrrole nitrogens is 2. The van der Waals surface area contributed by atoms with Crippen LogP contribution in [0.1, 0.15) is 69.3 Å². The molecule has 2 aromatic heterocycles. The number of amides is 1. The van der Waals surface area contributed by atoms with Crippen molar-refractivity contribution in [2.24, 2.45) is 0 Å². The molecule has 0 saturated carbocycles. The standard InChI is InChI=1S/C23H23F3N4O2/c1-12-19(14(3)31)13(2)28-20(12)22(32)30-9-5-8-18(30)21-27-11-17(29-21)15-6-4-7-16(10-15)23(24,25)26/h4,6-7,10-11,18,28H,5,8-9H2,1-3H3,(H,27,29)/t18-/m1/s1. The van der Waals surface area contributed by atoms with Crippen LogP contribution < -0.4 is 0 Å². The minimum Gasteiger partial charge on any atom is -0.354 e. The molecule has 1 saturated heterocycles. The van der Waals surface area contributed by atoms with Crippen molar-refractivity contribution in [2.75, 3.05) is 6.54 Å². The molecule has 1 aliphatic heterocycles. The van der Waals surface area contributed by atoms with Gasteiger partial charge in [-0.3, -0.25) is 9.59 Å². The molecule has 0 radical (unpaired) electrons. The lowest BCUT2D eigenvalue weighted by atomic mass is 10.1. The van der Waals surface area contributed by atoms with Crippen LogP contribution in [0.25, 0.3) is 11.3 Å². The van der Waals surface area contributed by atoms with Crippen LogP contribution in [0.2, 0.25) is 0 Å². The molecule has 0 spiro atoms. The highest BCUT2D eigenvalue weighted by atomic mass is 19.4. The monoisotopic (exact) mass is 444 g/mol. The van der Waals surface area contributed by atoms with Crippen molar-refractivity contribution in [1.29, 1.82) is 0 Å². The summed E-state index contributed by atoms with van der Waals surface area (Å²) in [5, 5.41) is 0. The Hall–Kier alpha value is -3.36. The first-order chi connectivity index (χ1) is 15.1. The molecule has 0 bridgehead atoms. The predicted molar refractivity (Wildman–Crippen MR) is 112 cm³/mol. The highest BCUT2D eigenvalue weighted by molar-refractivity contribution is 6.02. The summed E-state index contributed by atoms with van der Waals surface area (Å²) in [6.45, 7) is 5.50. The van der Waals surface area contributed by atoms with E-state index in [0.717, 1.165) is 18.6 Å². The molecule has 32 heavy (non-hydrogen) atoms. The zero-order chi connectivity index (χ0) is 23.2. The molecular formula is C23H23F3N4O2. The Labute approximate surface area is 182 Å². The number of carbonyl (C=O) groups is 2. The number of aromatic nitrogens is 3. The lowest BCUT2D eigenvalue weighted by Crippen LogP contribution is -2.31. The number of carbonyl (C=O) groups excluding carboxylic acids is 2. The topological polar surface area (TPSA) is 81.8 Å². The second kappa shape index (κ2) is 7.96. The number of halogens is 3. The number of rotatable bonds is 4. The van der Waals surface area contributed by atoms with Crippen molar-refractivity contribution in [3.8, 4) is 11.3 Å². The fraction of sp³-hybridized carbons (Fsp3) is 0.348. The number of likely N-dealkylation sites (tertiary alicyclic amines) is 1. The van der Waals surface area contributed by atoms with Crippen molar-refractivity contribution >= 4 is 11.7 Å². The molecule has 3 aromatic rings. The Balaban J connectivity index is 1.62. The van der Waals surface area contributed by atoms with Gasteiger partial charge in [-0.1, -0.05) is 12.1 Å². The molecule has 9 heteroatoms.